The minimum Gasteiger partial charge on any atom is -0.657 e. The summed E-state index contributed by atoms with van der Waals surface area (Å²) in [5.41, 5.74) is 18.3. The van der Waals surface area contributed by atoms with Gasteiger partial charge in [-0.2, -0.15) is 0 Å². The van der Waals surface area contributed by atoms with Crippen LogP contribution in [0.15, 0.2) is 200 Å². The molecule has 0 fully saturated rings. The van der Waals surface area contributed by atoms with Gasteiger partial charge in [-0.25, -0.2) is 0 Å². The van der Waals surface area contributed by atoms with Crippen LogP contribution in [-0.2, 0) is 31.9 Å². The van der Waals surface area contributed by atoms with Crippen LogP contribution >= 0.6 is 0 Å². The molecule has 0 spiro atoms. The number of pyridine rings is 2. The molecular weight excluding hydrogens is 958 g/mol. The molecule has 0 aliphatic heterocycles. The fourth-order valence-electron chi connectivity index (χ4n) is 8.08. The molecule has 0 radical (unpaired) electrons. The number of hydrogen-bond donors (Lipinski definition) is 0. The van der Waals surface area contributed by atoms with Crippen molar-refractivity contribution in [2.24, 2.45) is 0 Å². The van der Waals surface area contributed by atoms with Crippen molar-refractivity contribution in [3.8, 4) is 78.3 Å². The van der Waals surface area contributed by atoms with Crippen molar-refractivity contribution < 1.29 is 21.1 Å². The minimum atomic E-state index is -0.101. The molecule has 0 aliphatic rings. The summed E-state index contributed by atoms with van der Waals surface area (Å²) in [6.45, 7) is 13.5. The monoisotopic (exact) mass is 1010 g/mol. The molecule has 0 unspecified atom stereocenters. The Morgan fingerprint density at radius 2 is 0.891 bits per heavy atom. The Morgan fingerprint density at radius 3 is 1.50 bits per heavy atom. The third-order valence-corrected chi connectivity index (χ3v) is 11.7. The van der Waals surface area contributed by atoms with Crippen molar-refractivity contribution in [2.75, 3.05) is 0 Å². The van der Waals surface area contributed by atoms with E-state index in [4.69, 9.17) is 15.3 Å². The molecule has 2 aromatic heterocycles. The van der Waals surface area contributed by atoms with E-state index in [-0.39, 0.29) is 31.9 Å². The Kier molecular flexibility index (Phi) is 12.8. The van der Waals surface area contributed by atoms with E-state index >= 15 is 0 Å². The average Bonchev–Trinajstić information content (AvgIpc) is 3.32. The van der Waals surface area contributed by atoms with Crippen LogP contribution in [0.3, 0.4) is 0 Å². The SMILES string of the molecule is CC(C)(C)c1ccc([N-]c2ccc(C(C)(C)C)cc2-c2cc(-c3ccccc3-c3ccccc3)cc(-c3[c-]c(-c4cc(-c5ccccc5)ccn4)cc(-c4ccccc4)c3)n2)cc1.[Pt+2]. The summed E-state index contributed by atoms with van der Waals surface area (Å²) in [7, 11) is 0. The Bertz CT molecular complexity index is 3020. The molecule has 2 heterocycles. The second kappa shape index (κ2) is 18.6. The Labute approximate surface area is 393 Å². The van der Waals surface area contributed by atoms with Crippen LogP contribution in [0.5, 0.6) is 0 Å². The molecule has 9 aromatic rings. The van der Waals surface area contributed by atoms with E-state index in [0.717, 1.165) is 89.7 Å². The van der Waals surface area contributed by atoms with Crippen LogP contribution in [0.2, 0.25) is 0 Å². The predicted molar refractivity (Wildman–Crippen MR) is 265 cm³/mol. The molecule has 64 heavy (non-hydrogen) atoms. The van der Waals surface area contributed by atoms with Gasteiger partial charge in [-0.05, 0) is 78.6 Å². The molecule has 0 N–H and O–H groups in total. The molecule has 0 atom stereocenters. The van der Waals surface area contributed by atoms with Gasteiger partial charge in [-0.15, -0.1) is 29.6 Å². The zero-order valence-electron chi connectivity index (χ0n) is 37.2. The fourth-order valence-corrected chi connectivity index (χ4v) is 8.08. The summed E-state index contributed by atoms with van der Waals surface area (Å²) in [5, 5.41) is 5.32. The topological polar surface area (TPSA) is 39.9 Å². The standard InChI is InChI=1S/C60H51N3.Pt/c1-59(2,3)49-26-29-51(30-27-49)62-55-31-28-50(60(4,5)6)40-54(55)58-39-46(53-25-17-16-24-52(53)43-22-14-9-15-23-43)38-57(63-58)48-35-45(42-20-12-8-13-21-42)34-47(36-48)56-37-44(32-33-61-56)41-18-10-7-11-19-41;/h7-35,37-40H,1-6H3;/q-2;+2. The second-order valence-electron chi connectivity index (χ2n) is 18.3. The van der Waals surface area contributed by atoms with Crippen molar-refractivity contribution in [2.45, 2.75) is 52.4 Å². The maximum absolute atomic E-state index is 5.60. The summed E-state index contributed by atoms with van der Waals surface area (Å²) in [6.07, 6.45) is 1.89. The first-order valence-electron chi connectivity index (χ1n) is 21.8. The van der Waals surface area contributed by atoms with Gasteiger partial charge >= 0.3 is 21.1 Å². The van der Waals surface area contributed by atoms with Crippen molar-refractivity contribution >= 4 is 11.4 Å². The maximum atomic E-state index is 5.60. The summed E-state index contributed by atoms with van der Waals surface area (Å²) in [5.74, 6) is 0. The predicted octanol–water partition coefficient (Wildman–Crippen LogP) is 16.9. The van der Waals surface area contributed by atoms with Crippen molar-refractivity contribution in [1.29, 1.82) is 0 Å². The maximum Gasteiger partial charge on any atom is 2.00 e. The minimum absolute atomic E-state index is 0. The van der Waals surface area contributed by atoms with Crippen LogP contribution in [0.25, 0.3) is 83.6 Å². The largest absolute Gasteiger partial charge is 2.00 e. The first-order valence-corrected chi connectivity index (χ1v) is 21.8. The molecule has 4 heteroatoms. The van der Waals surface area contributed by atoms with Crippen molar-refractivity contribution in [1.82, 2.24) is 9.97 Å². The smallest absolute Gasteiger partial charge is 0.657 e. The van der Waals surface area contributed by atoms with Gasteiger partial charge < -0.3 is 5.32 Å². The average molecular weight is 1010 g/mol. The molecule has 3 nitrogen and oxygen atoms in total. The zero-order valence-corrected chi connectivity index (χ0v) is 39.5. The normalized spacial score (nSPS) is 11.5. The number of nitrogens with zero attached hydrogens (tertiary/aromatic N) is 3. The molecule has 0 aliphatic carbocycles. The quantitative estimate of drug-likeness (QED) is 0.135. The molecular formula is C60H51N3Pt. The summed E-state index contributed by atoms with van der Waals surface area (Å²) in [4.78, 5) is 10.5. The molecule has 0 bridgehead atoms. The van der Waals surface area contributed by atoms with Crippen LogP contribution in [0, 0.1) is 6.07 Å². The molecule has 0 saturated carbocycles. The summed E-state index contributed by atoms with van der Waals surface area (Å²) in [6, 6.07) is 72.5. The second-order valence-corrected chi connectivity index (χ2v) is 18.3. The van der Waals surface area contributed by atoms with E-state index in [1.807, 2.05) is 12.3 Å². The van der Waals surface area contributed by atoms with Crippen molar-refractivity contribution in [3.63, 3.8) is 0 Å². The van der Waals surface area contributed by atoms with E-state index in [1.54, 1.807) is 0 Å². The van der Waals surface area contributed by atoms with Gasteiger partial charge in [-0.1, -0.05) is 228 Å². The Hall–Kier alpha value is -6.67. The molecule has 9 rings (SSSR count). The number of aromatic nitrogens is 2. The fraction of sp³-hybridized carbons (Fsp3) is 0.133. The third-order valence-electron chi connectivity index (χ3n) is 11.7. The third kappa shape index (κ3) is 9.76. The summed E-state index contributed by atoms with van der Waals surface area (Å²) >= 11 is 0. The van der Waals surface area contributed by atoms with Crippen LogP contribution < -0.4 is 0 Å². The van der Waals surface area contributed by atoms with E-state index in [0.29, 0.717) is 0 Å². The van der Waals surface area contributed by atoms with E-state index in [1.165, 1.54) is 11.1 Å². The van der Waals surface area contributed by atoms with Crippen molar-refractivity contribution in [3.05, 3.63) is 223 Å². The van der Waals surface area contributed by atoms with Gasteiger partial charge in [0.2, 0.25) is 0 Å². The Morgan fingerprint density at radius 1 is 0.391 bits per heavy atom. The zero-order chi connectivity index (χ0) is 43.6. The molecule has 0 saturated heterocycles. The first kappa shape index (κ1) is 44.0. The van der Waals surface area contributed by atoms with Gasteiger partial charge in [0.15, 0.2) is 0 Å². The first-order chi connectivity index (χ1) is 30.5. The van der Waals surface area contributed by atoms with Gasteiger partial charge in [-0.3, -0.25) is 9.97 Å². The number of benzene rings is 7. The van der Waals surface area contributed by atoms with E-state index in [9.17, 15) is 0 Å². The van der Waals surface area contributed by atoms with Gasteiger partial charge in [0.25, 0.3) is 0 Å². The molecule has 7 aromatic carbocycles. The Balaban J connectivity index is 0.00000560. The number of rotatable bonds is 9. The van der Waals surface area contributed by atoms with Crippen LogP contribution in [0.4, 0.5) is 11.4 Å². The van der Waals surface area contributed by atoms with Gasteiger partial charge in [0.1, 0.15) is 0 Å². The van der Waals surface area contributed by atoms with Gasteiger partial charge in [0.05, 0.1) is 5.69 Å². The van der Waals surface area contributed by atoms with E-state index in [2.05, 4.69) is 236 Å². The number of hydrogen-bond acceptors (Lipinski definition) is 2. The van der Waals surface area contributed by atoms with Crippen LogP contribution in [-0.4, -0.2) is 9.97 Å². The molecule has 0 amide bonds. The van der Waals surface area contributed by atoms with Gasteiger partial charge in [0, 0.05) is 17.6 Å². The summed E-state index contributed by atoms with van der Waals surface area (Å²) < 4.78 is 0. The molecule has 316 valence electrons. The van der Waals surface area contributed by atoms with Crippen LogP contribution in [0.1, 0.15) is 52.7 Å². The van der Waals surface area contributed by atoms with E-state index < -0.39 is 0 Å².